The fraction of sp³-hybridized carbons (Fsp3) is 0.294. The Kier molecular flexibility index (Phi) is 4.06. The van der Waals surface area contributed by atoms with Crippen molar-refractivity contribution in [2.75, 3.05) is 6.61 Å². The number of aromatic nitrogens is 2. The Morgan fingerprint density at radius 2 is 1.96 bits per heavy atom. The first-order chi connectivity index (χ1) is 12.2. The van der Waals surface area contributed by atoms with E-state index in [4.69, 9.17) is 23.0 Å². The molecule has 8 heteroatoms. The zero-order chi connectivity index (χ0) is 17.4. The smallest absolute Gasteiger partial charge is 0.305 e. The summed E-state index contributed by atoms with van der Waals surface area (Å²) < 4.78 is 27.5. The molecular weight excluding hydrogens is 323 g/mol. The van der Waals surface area contributed by atoms with Crippen LogP contribution in [-0.2, 0) is 9.47 Å². The van der Waals surface area contributed by atoms with Gasteiger partial charge in [0.25, 0.3) is 0 Å². The van der Waals surface area contributed by atoms with Gasteiger partial charge in [0.15, 0.2) is 6.29 Å². The molecule has 0 bridgehead atoms. The largest absolute Gasteiger partial charge is 0.464 e. The number of hydrogen-bond donors (Lipinski definition) is 0. The highest BCUT2D eigenvalue weighted by molar-refractivity contribution is 6.39. The standard InChI is InChI=1S/C17H17BN2O5/c1-3-21-13-7-19-15(25-13)10-5-4-6-11(14(10)18)16-20-12(8-22-16)17-23-9(2)24-17/h4-9,17H,3,18H2,1-2H3. The van der Waals surface area contributed by atoms with E-state index >= 15 is 0 Å². The molecule has 1 aromatic carbocycles. The lowest BCUT2D eigenvalue weighted by molar-refractivity contribution is -0.383. The molecule has 3 aromatic rings. The average molecular weight is 340 g/mol. The van der Waals surface area contributed by atoms with Gasteiger partial charge in [0.05, 0.1) is 6.61 Å². The van der Waals surface area contributed by atoms with Crippen molar-refractivity contribution in [2.24, 2.45) is 0 Å². The topological polar surface area (TPSA) is 79.8 Å². The number of oxazole rings is 2. The second kappa shape index (κ2) is 6.38. The zero-order valence-corrected chi connectivity index (χ0v) is 14.2. The summed E-state index contributed by atoms with van der Waals surface area (Å²) >= 11 is 0. The highest BCUT2D eigenvalue weighted by Crippen LogP contribution is 2.32. The van der Waals surface area contributed by atoms with Crippen molar-refractivity contribution in [1.29, 1.82) is 0 Å². The molecule has 3 heterocycles. The van der Waals surface area contributed by atoms with Crippen molar-refractivity contribution in [3.63, 3.8) is 0 Å². The number of hydrogen-bond acceptors (Lipinski definition) is 7. The molecule has 0 spiro atoms. The summed E-state index contributed by atoms with van der Waals surface area (Å²) in [7, 11) is 1.97. The molecule has 0 aliphatic carbocycles. The van der Waals surface area contributed by atoms with E-state index in [1.165, 1.54) is 0 Å². The minimum atomic E-state index is -0.462. The third kappa shape index (κ3) is 2.94. The molecule has 0 radical (unpaired) electrons. The van der Waals surface area contributed by atoms with Crippen LogP contribution in [0.15, 0.2) is 39.5 Å². The van der Waals surface area contributed by atoms with Gasteiger partial charge in [-0.3, -0.25) is 0 Å². The first-order valence-corrected chi connectivity index (χ1v) is 8.11. The Morgan fingerprint density at radius 3 is 2.68 bits per heavy atom. The minimum absolute atomic E-state index is 0.209. The fourth-order valence-electron chi connectivity index (χ4n) is 2.71. The van der Waals surface area contributed by atoms with E-state index < -0.39 is 6.29 Å². The average Bonchev–Trinajstić information content (AvgIpc) is 3.22. The van der Waals surface area contributed by atoms with Crippen LogP contribution in [0.3, 0.4) is 0 Å². The van der Waals surface area contributed by atoms with Crippen molar-refractivity contribution in [2.45, 2.75) is 26.4 Å². The molecule has 0 N–H and O–H groups in total. The maximum Gasteiger partial charge on any atom is 0.305 e. The Balaban J connectivity index is 1.64. The van der Waals surface area contributed by atoms with Gasteiger partial charge >= 0.3 is 5.95 Å². The Morgan fingerprint density at radius 1 is 1.20 bits per heavy atom. The summed E-state index contributed by atoms with van der Waals surface area (Å²) in [5, 5.41) is 0. The summed E-state index contributed by atoms with van der Waals surface area (Å²) in [5.74, 6) is 1.39. The molecular formula is C17H17BN2O5. The van der Waals surface area contributed by atoms with Crippen molar-refractivity contribution in [1.82, 2.24) is 9.97 Å². The minimum Gasteiger partial charge on any atom is -0.464 e. The normalized spacial score (nSPS) is 19.6. The van der Waals surface area contributed by atoms with Crippen molar-refractivity contribution in [3.05, 3.63) is 36.4 Å². The van der Waals surface area contributed by atoms with Crippen LogP contribution in [-0.4, -0.2) is 30.7 Å². The first-order valence-electron chi connectivity index (χ1n) is 8.11. The van der Waals surface area contributed by atoms with Gasteiger partial charge in [0.2, 0.25) is 18.1 Å². The van der Waals surface area contributed by atoms with Crippen LogP contribution in [0.1, 0.15) is 25.8 Å². The number of ether oxygens (including phenoxy) is 3. The Bertz CT molecular complexity index is 885. The SMILES string of the molecule is Bc1c(-c2nc(C3OC(C)O3)co2)cccc1-c1ncc(OCC)o1. The summed E-state index contributed by atoms with van der Waals surface area (Å²) in [4.78, 5) is 8.76. The van der Waals surface area contributed by atoms with Crippen molar-refractivity contribution < 1.29 is 23.0 Å². The van der Waals surface area contributed by atoms with E-state index in [2.05, 4.69) is 9.97 Å². The van der Waals surface area contributed by atoms with E-state index in [0.717, 1.165) is 16.6 Å². The second-order valence-corrected chi connectivity index (χ2v) is 5.64. The van der Waals surface area contributed by atoms with Gasteiger partial charge in [-0.05, 0) is 13.8 Å². The van der Waals surface area contributed by atoms with Crippen LogP contribution < -0.4 is 10.2 Å². The zero-order valence-electron chi connectivity index (χ0n) is 14.2. The van der Waals surface area contributed by atoms with E-state index in [0.29, 0.717) is 30.0 Å². The maximum atomic E-state index is 5.64. The number of benzene rings is 1. The predicted molar refractivity (Wildman–Crippen MR) is 91.2 cm³/mol. The summed E-state index contributed by atoms with van der Waals surface area (Å²) in [6.45, 7) is 4.25. The third-order valence-corrected chi connectivity index (χ3v) is 3.96. The van der Waals surface area contributed by atoms with E-state index in [-0.39, 0.29) is 6.29 Å². The Labute approximate surface area is 145 Å². The molecule has 0 atom stereocenters. The summed E-state index contributed by atoms with van der Waals surface area (Å²) in [6.07, 6.45) is 2.45. The quantitative estimate of drug-likeness (QED) is 0.658. The van der Waals surface area contributed by atoms with Crippen LogP contribution >= 0.6 is 0 Å². The molecule has 1 aliphatic heterocycles. The van der Waals surface area contributed by atoms with Crippen molar-refractivity contribution >= 4 is 13.3 Å². The third-order valence-electron chi connectivity index (χ3n) is 3.96. The van der Waals surface area contributed by atoms with Crippen LogP contribution in [0, 0.1) is 0 Å². The highest BCUT2D eigenvalue weighted by atomic mass is 16.9. The fourth-order valence-corrected chi connectivity index (χ4v) is 2.71. The molecule has 0 unspecified atom stereocenters. The lowest BCUT2D eigenvalue weighted by Crippen LogP contribution is -2.31. The van der Waals surface area contributed by atoms with Crippen molar-refractivity contribution in [3.8, 4) is 28.9 Å². The van der Waals surface area contributed by atoms with Gasteiger partial charge in [0, 0.05) is 11.1 Å². The lowest BCUT2D eigenvalue weighted by atomic mass is 9.85. The van der Waals surface area contributed by atoms with Gasteiger partial charge in [-0.2, -0.15) is 0 Å². The van der Waals surface area contributed by atoms with Crippen LogP contribution in [0.5, 0.6) is 5.95 Å². The van der Waals surface area contributed by atoms with Crippen LogP contribution in [0.25, 0.3) is 22.9 Å². The maximum absolute atomic E-state index is 5.64. The number of rotatable bonds is 5. The molecule has 1 fully saturated rings. The molecule has 4 rings (SSSR count). The van der Waals surface area contributed by atoms with Gasteiger partial charge in [-0.15, -0.1) is 0 Å². The molecule has 0 saturated carbocycles. The van der Waals surface area contributed by atoms with Gasteiger partial charge in [-0.25, -0.2) is 9.97 Å². The van der Waals surface area contributed by atoms with Crippen LogP contribution in [0.2, 0.25) is 0 Å². The molecule has 0 amide bonds. The summed E-state index contributed by atoms with van der Waals surface area (Å²) in [5.41, 5.74) is 3.28. The predicted octanol–water partition coefficient (Wildman–Crippen LogP) is 2.05. The lowest BCUT2D eigenvalue weighted by Gasteiger charge is -2.31. The highest BCUT2D eigenvalue weighted by Gasteiger charge is 2.31. The monoisotopic (exact) mass is 340 g/mol. The molecule has 1 aliphatic rings. The van der Waals surface area contributed by atoms with E-state index in [1.54, 1.807) is 12.5 Å². The van der Waals surface area contributed by atoms with Gasteiger partial charge in [0.1, 0.15) is 26.0 Å². The van der Waals surface area contributed by atoms with E-state index in [9.17, 15) is 0 Å². The Hall–Kier alpha value is -2.58. The first kappa shape index (κ1) is 15.9. The second-order valence-electron chi connectivity index (χ2n) is 5.64. The molecule has 25 heavy (non-hydrogen) atoms. The molecule has 2 aromatic heterocycles. The molecule has 128 valence electrons. The molecule has 1 saturated heterocycles. The van der Waals surface area contributed by atoms with Gasteiger partial charge < -0.3 is 23.0 Å². The van der Waals surface area contributed by atoms with E-state index in [1.807, 2.05) is 39.9 Å². The molecule has 7 nitrogen and oxygen atoms in total. The van der Waals surface area contributed by atoms with Crippen LogP contribution in [0.4, 0.5) is 0 Å². The number of nitrogens with zero attached hydrogens (tertiary/aromatic N) is 2. The van der Waals surface area contributed by atoms with Gasteiger partial charge in [-0.1, -0.05) is 23.7 Å². The summed E-state index contributed by atoms with van der Waals surface area (Å²) in [6, 6.07) is 5.78.